The Balaban J connectivity index is 1.64. The van der Waals surface area contributed by atoms with E-state index >= 15 is 0 Å². The Hall–Kier alpha value is -2.67. The number of rotatable bonds is 6. The van der Waals surface area contributed by atoms with Crippen molar-refractivity contribution in [2.75, 3.05) is 10.8 Å². The molecule has 1 saturated carbocycles. The molecule has 0 unspecified atom stereocenters. The first-order valence-electron chi connectivity index (χ1n) is 10.9. The second kappa shape index (κ2) is 8.46. The average molecular weight is 441 g/mol. The van der Waals surface area contributed by atoms with E-state index in [0.717, 1.165) is 25.7 Å². The van der Waals surface area contributed by atoms with Gasteiger partial charge in [-0.15, -0.1) is 0 Å². The van der Waals surface area contributed by atoms with Crippen LogP contribution >= 0.6 is 0 Å². The Labute approximate surface area is 183 Å². The van der Waals surface area contributed by atoms with Crippen molar-refractivity contribution >= 4 is 27.5 Å². The molecule has 1 aliphatic heterocycles. The van der Waals surface area contributed by atoms with Gasteiger partial charge in [0.1, 0.15) is 0 Å². The number of sulfonamides is 1. The fourth-order valence-electron chi connectivity index (χ4n) is 4.79. The Morgan fingerprint density at radius 1 is 0.968 bits per heavy atom. The zero-order valence-corrected chi connectivity index (χ0v) is 18.8. The van der Waals surface area contributed by atoms with Crippen LogP contribution in [0.4, 0.5) is 5.69 Å². The molecule has 1 heterocycles. The topological polar surface area (TPSA) is 74.8 Å². The molecule has 2 aliphatic rings. The molecule has 2 atom stereocenters. The van der Waals surface area contributed by atoms with Gasteiger partial charge in [-0.05, 0) is 56.0 Å². The van der Waals surface area contributed by atoms with Gasteiger partial charge >= 0.3 is 0 Å². The number of carbonyl (C=O) groups excluding carboxylic acids is 2. The number of nitrogens with zero attached hydrogens (tertiary/aromatic N) is 2. The molecule has 2 aromatic rings. The number of likely N-dealkylation sites (tertiary alicyclic amines) is 1. The molecular formula is C24H28N2O4S. The fourth-order valence-corrected chi connectivity index (χ4v) is 6.55. The van der Waals surface area contributed by atoms with Gasteiger partial charge in [0.2, 0.25) is 11.8 Å². The van der Waals surface area contributed by atoms with Gasteiger partial charge in [-0.2, -0.15) is 0 Å². The van der Waals surface area contributed by atoms with E-state index in [1.54, 1.807) is 56.3 Å². The van der Waals surface area contributed by atoms with Crippen LogP contribution in [0.25, 0.3) is 0 Å². The van der Waals surface area contributed by atoms with Crippen molar-refractivity contribution in [2.45, 2.75) is 51.0 Å². The summed E-state index contributed by atoms with van der Waals surface area (Å²) in [4.78, 5) is 27.2. The van der Waals surface area contributed by atoms with Crippen molar-refractivity contribution < 1.29 is 18.0 Å². The summed E-state index contributed by atoms with van der Waals surface area (Å²) in [5.41, 5.74) is 1.88. The Morgan fingerprint density at radius 2 is 1.58 bits per heavy atom. The minimum absolute atomic E-state index is 0.112. The van der Waals surface area contributed by atoms with Gasteiger partial charge in [-0.1, -0.05) is 43.2 Å². The normalized spacial score (nSPS) is 21.3. The lowest BCUT2D eigenvalue weighted by atomic mass is 9.81. The molecule has 164 valence electrons. The molecule has 1 saturated heterocycles. The molecule has 6 nitrogen and oxygen atoms in total. The van der Waals surface area contributed by atoms with Gasteiger partial charge < -0.3 is 0 Å². The maximum absolute atomic E-state index is 13.5. The number of hydrogen-bond acceptors (Lipinski definition) is 4. The Bertz CT molecular complexity index is 1070. The summed E-state index contributed by atoms with van der Waals surface area (Å²) >= 11 is 0. The van der Waals surface area contributed by atoms with Gasteiger partial charge in [0.25, 0.3) is 10.0 Å². The van der Waals surface area contributed by atoms with Gasteiger partial charge in [0, 0.05) is 6.54 Å². The number of fused-ring (bicyclic) bond motifs is 1. The average Bonchev–Trinajstić information content (AvgIpc) is 3.01. The highest BCUT2D eigenvalue weighted by Gasteiger charge is 2.47. The molecule has 2 amide bonds. The molecule has 2 fully saturated rings. The van der Waals surface area contributed by atoms with Crippen molar-refractivity contribution in [3.63, 3.8) is 0 Å². The standard InChI is InChI=1S/C24H28N2O4S/c1-3-26(19-9-5-4-6-10-19)31(29,30)22-15-18(14-13-17(22)2)16-25-23(27)20-11-7-8-12-21(20)24(25)28/h4-6,9-10,13-15,20-21H,3,7-8,11-12,16H2,1-2H3/t20-,21-/m0/s1. The van der Waals surface area contributed by atoms with E-state index in [4.69, 9.17) is 0 Å². The predicted molar refractivity (Wildman–Crippen MR) is 119 cm³/mol. The monoisotopic (exact) mass is 440 g/mol. The molecule has 0 spiro atoms. The molecule has 31 heavy (non-hydrogen) atoms. The van der Waals surface area contributed by atoms with Crippen molar-refractivity contribution in [3.8, 4) is 0 Å². The third-order valence-corrected chi connectivity index (χ3v) is 8.47. The van der Waals surface area contributed by atoms with Crippen LogP contribution in [0.5, 0.6) is 0 Å². The second-order valence-corrected chi connectivity index (χ2v) is 10.2. The van der Waals surface area contributed by atoms with Gasteiger partial charge in [0.05, 0.1) is 29.0 Å². The first kappa shape index (κ1) is 21.6. The van der Waals surface area contributed by atoms with E-state index in [1.165, 1.54) is 9.21 Å². The zero-order chi connectivity index (χ0) is 22.2. The van der Waals surface area contributed by atoms with E-state index in [9.17, 15) is 18.0 Å². The fraction of sp³-hybridized carbons (Fsp3) is 0.417. The smallest absolute Gasteiger partial charge is 0.264 e. The van der Waals surface area contributed by atoms with E-state index in [0.29, 0.717) is 23.4 Å². The lowest BCUT2D eigenvalue weighted by Crippen LogP contribution is -2.32. The second-order valence-electron chi connectivity index (χ2n) is 8.37. The van der Waals surface area contributed by atoms with Gasteiger partial charge in [-0.3, -0.25) is 18.8 Å². The van der Waals surface area contributed by atoms with Crippen molar-refractivity contribution in [3.05, 3.63) is 59.7 Å². The van der Waals surface area contributed by atoms with Gasteiger partial charge in [0.15, 0.2) is 0 Å². The van der Waals surface area contributed by atoms with E-state index in [2.05, 4.69) is 0 Å². The third-order valence-electron chi connectivity index (χ3n) is 6.43. The number of para-hydroxylation sites is 1. The predicted octanol–water partition coefficient (Wildman–Crippen LogP) is 3.89. The molecular weight excluding hydrogens is 412 g/mol. The first-order chi connectivity index (χ1) is 14.8. The molecule has 0 radical (unpaired) electrons. The van der Waals surface area contributed by atoms with Crippen molar-refractivity contribution in [1.29, 1.82) is 0 Å². The molecule has 0 bridgehead atoms. The van der Waals surface area contributed by atoms with Crippen LogP contribution in [-0.2, 0) is 26.2 Å². The summed E-state index contributed by atoms with van der Waals surface area (Å²) in [7, 11) is -3.79. The largest absolute Gasteiger partial charge is 0.278 e. The molecule has 0 N–H and O–H groups in total. The highest BCUT2D eigenvalue weighted by atomic mass is 32.2. The van der Waals surface area contributed by atoms with E-state index in [1.807, 2.05) is 6.07 Å². The van der Waals surface area contributed by atoms with Crippen LogP contribution < -0.4 is 4.31 Å². The molecule has 7 heteroatoms. The maximum Gasteiger partial charge on any atom is 0.264 e. The van der Waals surface area contributed by atoms with Crippen LogP contribution in [0.15, 0.2) is 53.4 Å². The zero-order valence-electron chi connectivity index (χ0n) is 18.0. The summed E-state index contributed by atoms with van der Waals surface area (Å²) in [5, 5.41) is 0. The van der Waals surface area contributed by atoms with Crippen LogP contribution in [-0.4, -0.2) is 31.7 Å². The molecule has 4 rings (SSSR count). The number of anilines is 1. The van der Waals surface area contributed by atoms with E-state index < -0.39 is 10.0 Å². The lowest BCUT2D eigenvalue weighted by molar-refractivity contribution is -0.140. The van der Waals surface area contributed by atoms with E-state index in [-0.39, 0.29) is 35.1 Å². The number of benzene rings is 2. The lowest BCUT2D eigenvalue weighted by Gasteiger charge is -2.24. The number of imide groups is 1. The molecule has 0 aromatic heterocycles. The number of amides is 2. The quantitative estimate of drug-likeness (QED) is 0.639. The summed E-state index contributed by atoms with van der Waals surface area (Å²) in [6.07, 6.45) is 3.49. The van der Waals surface area contributed by atoms with Crippen molar-refractivity contribution in [1.82, 2.24) is 4.90 Å². The van der Waals surface area contributed by atoms with Gasteiger partial charge in [-0.25, -0.2) is 8.42 Å². The highest BCUT2D eigenvalue weighted by Crippen LogP contribution is 2.38. The van der Waals surface area contributed by atoms with Crippen LogP contribution in [0.1, 0.15) is 43.7 Å². The minimum Gasteiger partial charge on any atom is -0.278 e. The number of hydrogen-bond donors (Lipinski definition) is 0. The minimum atomic E-state index is -3.79. The van der Waals surface area contributed by atoms with Crippen LogP contribution in [0, 0.1) is 18.8 Å². The Morgan fingerprint density at radius 3 is 2.16 bits per heavy atom. The summed E-state index contributed by atoms with van der Waals surface area (Å²) in [6, 6.07) is 14.2. The SMILES string of the molecule is CCN(c1ccccc1)S(=O)(=O)c1cc(CN2C(=O)[C@H]3CCCC[C@@H]3C2=O)ccc1C. The number of aryl methyl sites for hydroxylation is 1. The Kier molecular flexibility index (Phi) is 5.88. The summed E-state index contributed by atoms with van der Waals surface area (Å²) in [6.45, 7) is 3.97. The van der Waals surface area contributed by atoms with Crippen LogP contribution in [0.2, 0.25) is 0 Å². The van der Waals surface area contributed by atoms with Crippen molar-refractivity contribution in [2.24, 2.45) is 11.8 Å². The molecule has 2 aromatic carbocycles. The first-order valence-corrected chi connectivity index (χ1v) is 12.3. The summed E-state index contributed by atoms with van der Waals surface area (Å²) < 4.78 is 28.3. The van der Waals surface area contributed by atoms with Crippen LogP contribution in [0.3, 0.4) is 0 Å². The maximum atomic E-state index is 13.5. The third kappa shape index (κ3) is 3.87. The number of carbonyl (C=O) groups is 2. The highest BCUT2D eigenvalue weighted by molar-refractivity contribution is 7.92. The molecule has 1 aliphatic carbocycles. The summed E-state index contributed by atoms with van der Waals surface area (Å²) in [5.74, 6) is -0.634.